The van der Waals surface area contributed by atoms with Gasteiger partial charge in [0.05, 0.1) is 6.20 Å². The molecule has 2 N–H and O–H groups in total. The maximum absolute atomic E-state index is 12.8. The molecular weight excluding hydrogens is 205 g/mol. The van der Waals surface area contributed by atoms with E-state index < -0.39 is 0 Å². The molecule has 0 aliphatic carbocycles. The molecule has 0 aliphatic rings. The number of rotatable bonds is 6. The summed E-state index contributed by atoms with van der Waals surface area (Å²) in [4.78, 5) is 3.81. The van der Waals surface area contributed by atoms with Gasteiger partial charge in [-0.15, -0.1) is 0 Å². The Morgan fingerprint density at radius 2 is 2.00 bits per heavy atom. The molecule has 3 nitrogen and oxygen atoms in total. The van der Waals surface area contributed by atoms with Gasteiger partial charge in [-0.05, 0) is 18.6 Å². The third-order valence-corrected chi connectivity index (χ3v) is 2.25. The van der Waals surface area contributed by atoms with Gasteiger partial charge in [0.15, 0.2) is 0 Å². The maximum atomic E-state index is 12.8. The Bertz CT molecular complexity index is 315. The number of nitrogens with zero attached hydrogens (tertiary/aromatic N) is 1. The van der Waals surface area contributed by atoms with Gasteiger partial charge in [0.25, 0.3) is 0 Å². The van der Waals surface area contributed by atoms with Gasteiger partial charge in [-0.3, -0.25) is 4.98 Å². The standard InChI is InChI=1S/C12H20FN3/c1-9(2)15-5-10(3)16-7-11-4-12(13)8-14-6-11/h4,6,8-10,15-16H,5,7H2,1-3H3. The summed E-state index contributed by atoms with van der Waals surface area (Å²) in [6.45, 7) is 7.88. The zero-order valence-corrected chi connectivity index (χ0v) is 10.1. The smallest absolute Gasteiger partial charge is 0.141 e. The minimum atomic E-state index is -0.285. The zero-order valence-electron chi connectivity index (χ0n) is 10.1. The molecule has 0 saturated heterocycles. The fourth-order valence-corrected chi connectivity index (χ4v) is 1.33. The van der Waals surface area contributed by atoms with E-state index in [1.165, 1.54) is 12.3 Å². The molecule has 0 amide bonds. The first-order valence-corrected chi connectivity index (χ1v) is 5.64. The Morgan fingerprint density at radius 3 is 2.62 bits per heavy atom. The first-order chi connectivity index (χ1) is 7.58. The highest BCUT2D eigenvalue weighted by molar-refractivity contribution is 5.09. The fourth-order valence-electron chi connectivity index (χ4n) is 1.33. The lowest BCUT2D eigenvalue weighted by molar-refractivity contribution is 0.473. The van der Waals surface area contributed by atoms with Crippen molar-refractivity contribution in [1.82, 2.24) is 15.6 Å². The molecule has 0 radical (unpaired) electrons. The van der Waals surface area contributed by atoms with Crippen molar-refractivity contribution in [3.8, 4) is 0 Å². The molecule has 1 aromatic heterocycles. The molecule has 1 aromatic rings. The van der Waals surface area contributed by atoms with Gasteiger partial charge < -0.3 is 10.6 Å². The third-order valence-electron chi connectivity index (χ3n) is 2.25. The molecule has 1 unspecified atom stereocenters. The first-order valence-electron chi connectivity index (χ1n) is 5.64. The van der Waals surface area contributed by atoms with E-state index in [1.54, 1.807) is 6.20 Å². The molecule has 0 aliphatic heterocycles. The van der Waals surface area contributed by atoms with Crippen molar-refractivity contribution >= 4 is 0 Å². The second kappa shape index (κ2) is 6.55. The van der Waals surface area contributed by atoms with Crippen LogP contribution in [0.3, 0.4) is 0 Å². The second-order valence-electron chi connectivity index (χ2n) is 4.36. The van der Waals surface area contributed by atoms with Crippen LogP contribution >= 0.6 is 0 Å². The molecule has 0 fully saturated rings. The number of halogens is 1. The van der Waals surface area contributed by atoms with Crippen LogP contribution in [-0.4, -0.2) is 23.6 Å². The molecule has 0 aromatic carbocycles. The molecular formula is C12H20FN3. The summed E-state index contributed by atoms with van der Waals surface area (Å²) >= 11 is 0. The highest BCUT2D eigenvalue weighted by Gasteiger charge is 2.03. The highest BCUT2D eigenvalue weighted by atomic mass is 19.1. The summed E-state index contributed by atoms with van der Waals surface area (Å²) in [5.41, 5.74) is 0.872. The van der Waals surface area contributed by atoms with E-state index in [0.29, 0.717) is 18.6 Å². The lowest BCUT2D eigenvalue weighted by atomic mass is 10.2. The second-order valence-corrected chi connectivity index (χ2v) is 4.36. The Labute approximate surface area is 96.5 Å². The van der Waals surface area contributed by atoms with Crippen molar-refractivity contribution in [2.24, 2.45) is 0 Å². The summed E-state index contributed by atoms with van der Waals surface area (Å²) in [6, 6.07) is 2.34. The molecule has 1 heterocycles. The predicted octanol–water partition coefficient (Wildman–Crippen LogP) is 1.70. The molecule has 16 heavy (non-hydrogen) atoms. The van der Waals surface area contributed by atoms with Crippen molar-refractivity contribution in [2.45, 2.75) is 39.4 Å². The van der Waals surface area contributed by atoms with Crippen LogP contribution in [0.4, 0.5) is 4.39 Å². The van der Waals surface area contributed by atoms with Gasteiger partial charge in [0, 0.05) is 31.4 Å². The highest BCUT2D eigenvalue weighted by Crippen LogP contribution is 2.00. The largest absolute Gasteiger partial charge is 0.313 e. The van der Waals surface area contributed by atoms with Gasteiger partial charge in [-0.1, -0.05) is 13.8 Å². The van der Waals surface area contributed by atoms with Crippen LogP contribution in [0.15, 0.2) is 18.5 Å². The van der Waals surface area contributed by atoms with Gasteiger partial charge in [-0.2, -0.15) is 0 Å². The van der Waals surface area contributed by atoms with Gasteiger partial charge >= 0.3 is 0 Å². The van der Waals surface area contributed by atoms with Crippen LogP contribution in [0, 0.1) is 5.82 Å². The molecule has 0 spiro atoms. The van der Waals surface area contributed by atoms with E-state index in [-0.39, 0.29) is 5.82 Å². The monoisotopic (exact) mass is 225 g/mol. The maximum Gasteiger partial charge on any atom is 0.141 e. The number of pyridine rings is 1. The summed E-state index contributed by atoms with van der Waals surface area (Å²) in [5, 5.41) is 6.65. The van der Waals surface area contributed by atoms with Crippen LogP contribution in [0.25, 0.3) is 0 Å². The average molecular weight is 225 g/mol. The van der Waals surface area contributed by atoms with E-state index in [0.717, 1.165) is 12.1 Å². The first kappa shape index (κ1) is 13.1. The molecule has 0 saturated carbocycles. The molecule has 4 heteroatoms. The van der Waals surface area contributed by atoms with E-state index in [2.05, 4.69) is 36.4 Å². The van der Waals surface area contributed by atoms with Crippen molar-refractivity contribution in [1.29, 1.82) is 0 Å². The molecule has 1 atom stereocenters. The molecule has 90 valence electrons. The summed E-state index contributed by atoms with van der Waals surface area (Å²) in [5.74, 6) is -0.285. The van der Waals surface area contributed by atoms with Crippen LogP contribution in [-0.2, 0) is 6.54 Å². The summed E-state index contributed by atoms with van der Waals surface area (Å²) < 4.78 is 12.8. The summed E-state index contributed by atoms with van der Waals surface area (Å²) in [6.07, 6.45) is 2.89. The average Bonchev–Trinajstić information content (AvgIpc) is 2.23. The van der Waals surface area contributed by atoms with Crippen LogP contribution in [0.5, 0.6) is 0 Å². The van der Waals surface area contributed by atoms with Crippen molar-refractivity contribution in [3.05, 3.63) is 29.8 Å². The zero-order chi connectivity index (χ0) is 12.0. The number of nitrogens with one attached hydrogen (secondary N) is 2. The number of hydrogen-bond donors (Lipinski definition) is 2. The Morgan fingerprint density at radius 1 is 1.25 bits per heavy atom. The van der Waals surface area contributed by atoms with Crippen LogP contribution in [0.2, 0.25) is 0 Å². The number of hydrogen-bond acceptors (Lipinski definition) is 3. The lowest BCUT2D eigenvalue weighted by Crippen LogP contribution is -2.38. The van der Waals surface area contributed by atoms with Gasteiger partial charge in [0.1, 0.15) is 5.82 Å². The third kappa shape index (κ3) is 5.19. The fraction of sp³-hybridized carbons (Fsp3) is 0.583. The predicted molar refractivity (Wildman–Crippen MR) is 63.6 cm³/mol. The van der Waals surface area contributed by atoms with E-state index in [9.17, 15) is 4.39 Å². The molecule has 0 bridgehead atoms. The number of aromatic nitrogens is 1. The minimum absolute atomic E-state index is 0.285. The van der Waals surface area contributed by atoms with Gasteiger partial charge in [0.2, 0.25) is 0 Å². The quantitative estimate of drug-likeness (QED) is 0.773. The normalized spacial score (nSPS) is 13.1. The van der Waals surface area contributed by atoms with E-state index in [4.69, 9.17) is 0 Å². The molecule has 1 rings (SSSR count). The minimum Gasteiger partial charge on any atom is -0.313 e. The van der Waals surface area contributed by atoms with E-state index in [1.807, 2.05) is 0 Å². The summed E-state index contributed by atoms with van der Waals surface area (Å²) in [7, 11) is 0. The SMILES string of the molecule is CC(C)NCC(C)NCc1cncc(F)c1. The van der Waals surface area contributed by atoms with Crippen molar-refractivity contribution in [2.75, 3.05) is 6.54 Å². The van der Waals surface area contributed by atoms with E-state index >= 15 is 0 Å². The van der Waals surface area contributed by atoms with Crippen LogP contribution in [0.1, 0.15) is 26.3 Å². The Hall–Kier alpha value is -1.00. The Balaban J connectivity index is 2.28. The lowest BCUT2D eigenvalue weighted by Gasteiger charge is -2.16. The topological polar surface area (TPSA) is 37.0 Å². The van der Waals surface area contributed by atoms with Gasteiger partial charge in [-0.25, -0.2) is 4.39 Å². The van der Waals surface area contributed by atoms with Crippen LogP contribution < -0.4 is 10.6 Å². The Kier molecular flexibility index (Phi) is 5.35. The van der Waals surface area contributed by atoms with Crippen molar-refractivity contribution in [3.63, 3.8) is 0 Å². The van der Waals surface area contributed by atoms with Crippen molar-refractivity contribution < 1.29 is 4.39 Å².